The van der Waals surface area contributed by atoms with Gasteiger partial charge in [0.1, 0.15) is 0 Å². The summed E-state index contributed by atoms with van der Waals surface area (Å²) in [6.07, 6.45) is 8.62. The lowest BCUT2D eigenvalue weighted by Crippen LogP contribution is -2.65. The Kier molecular flexibility index (Phi) is 4.45. The second-order valence-corrected chi connectivity index (χ2v) is 5.76. The third kappa shape index (κ3) is 2.38. The zero-order chi connectivity index (χ0) is 12.3. The molecule has 0 amide bonds. The number of nitrogens with zero attached hydrogens (tertiary/aromatic N) is 1. The highest BCUT2D eigenvalue weighted by Gasteiger charge is 2.56. The van der Waals surface area contributed by atoms with Crippen LogP contribution < -0.4 is 5.73 Å². The Bertz CT molecular complexity index is 238. The van der Waals surface area contributed by atoms with Gasteiger partial charge in [-0.25, -0.2) is 0 Å². The fourth-order valence-electron chi connectivity index (χ4n) is 4.01. The first-order valence-electron chi connectivity index (χ1n) is 7.26. The average Bonchev–Trinajstić information content (AvgIpc) is 2.35. The molecule has 2 unspecified atom stereocenters. The number of hydrogen-bond donors (Lipinski definition) is 1. The van der Waals surface area contributed by atoms with E-state index in [-0.39, 0.29) is 0 Å². The van der Waals surface area contributed by atoms with Crippen molar-refractivity contribution in [2.45, 2.75) is 57.6 Å². The van der Waals surface area contributed by atoms with Gasteiger partial charge in [0, 0.05) is 31.2 Å². The highest BCUT2D eigenvalue weighted by Crippen LogP contribution is 2.54. The van der Waals surface area contributed by atoms with Crippen LogP contribution in [-0.4, -0.2) is 43.8 Å². The lowest BCUT2D eigenvalue weighted by molar-refractivity contribution is -0.178. The van der Waals surface area contributed by atoms with Crippen molar-refractivity contribution >= 4 is 0 Å². The van der Waals surface area contributed by atoms with E-state index in [0.29, 0.717) is 17.6 Å². The number of rotatable bonds is 5. The van der Waals surface area contributed by atoms with Crippen LogP contribution >= 0.6 is 0 Å². The third-order valence-electron chi connectivity index (χ3n) is 4.91. The number of hydrogen-bond acceptors (Lipinski definition) is 3. The molecule has 0 radical (unpaired) electrons. The van der Waals surface area contributed by atoms with Gasteiger partial charge in [-0.1, -0.05) is 19.3 Å². The largest absolute Gasteiger partial charge is 0.378 e. The van der Waals surface area contributed by atoms with Crippen molar-refractivity contribution in [2.75, 3.05) is 26.7 Å². The number of nitrogens with two attached hydrogens (primary N) is 1. The molecule has 2 aliphatic carbocycles. The van der Waals surface area contributed by atoms with Gasteiger partial charge in [-0.15, -0.1) is 0 Å². The molecule has 0 aromatic carbocycles. The fraction of sp³-hybridized carbons (Fsp3) is 1.00. The molecule has 0 aliphatic heterocycles. The molecular formula is C14H28N2O. The molecule has 0 aromatic heterocycles. The minimum atomic E-state index is 0.457. The monoisotopic (exact) mass is 240 g/mol. The Hall–Kier alpha value is -0.120. The highest BCUT2D eigenvalue weighted by atomic mass is 16.5. The van der Waals surface area contributed by atoms with Crippen LogP contribution in [0.4, 0.5) is 0 Å². The smallest absolute Gasteiger partial charge is 0.0661 e. The van der Waals surface area contributed by atoms with E-state index in [1.807, 2.05) is 0 Å². The summed E-state index contributed by atoms with van der Waals surface area (Å²) in [6, 6.07) is 0.711. The van der Waals surface area contributed by atoms with Crippen LogP contribution in [0.25, 0.3) is 0 Å². The summed E-state index contributed by atoms with van der Waals surface area (Å²) in [5.74, 6) is 0. The standard InChI is InChI=1S/C14H28N2O/c1-3-17-13-11-12(16(2)10-9-15)14(13)7-5-4-6-8-14/h12-13H,3-11,15H2,1-2H3. The maximum absolute atomic E-state index is 5.97. The molecule has 2 saturated carbocycles. The molecule has 3 heteroatoms. The van der Waals surface area contributed by atoms with Crippen molar-refractivity contribution in [3.8, 4) is 0 Å². The Labute approximate surface area is 106 Å². The molecule has 2 N–H and O–H groups in total. The van der Waals surface area contributed by atoms with Gasteiger partial charge in [0.15, 0.2) is 0 Å². The second kappa shape index (κ2) is 5.68. The van der Waals surface area contributed by atoms with E-state index >= 15 is 0 Å². The summed E-state index contributed by atoms with van der Waals surface area (Å²) in [4.78, 5) is 2.47. The van der Waals surface area contributed by atoms with E-state index in [1.54, 1.807) is 0 Å². The van der Waals surface area contributed by atoms with E-state index in [9.17, 15) is 0 Å². The Balaban J connectivity index is 2.02. The zero-order valence-corrected chi connectivity index (χ0v) is 11.5. The molecule has 2 fully saturated rings. The van der Waals surface area contributed by atoms with Crippen molar-refractivity contribution in [1.82, 2.24) is 4.90 Å². The van der Waals surface area contributed by atoms with Gasteiger partial charge in [0.05, 0.1) is 6.10 Å². The Morgan fingerprint density at radius 2 is 2.00 bits per heavy atom. The average molecular weight is 240 g/mol. The topological polar surface area (TPSA) is 38.5 Å². The summed E-state index contributed by atoms with van der Waals surface area (Å²) in [5.41, 5.74) is 6.14. The molecule has 17 heavy (non-hydrogen) atoms. The molecule has 0 bridgehead atoms. The molecule has 1 spiro atoms. The van der Waals surface area contributed by atoms with E-state index in [2.05, 4.69) is 18.9 Å². The maximum atomic E-state index is 5.97. The molecule has 2 rings (SSSR count). The molecule has 2 aliphatic rings. The predicted molar refractivity (Wildman–Crippen MR) is 71.0 cm³/mol. The van der Waals surface area contributed by atoms with Crippen LogP contribution in [0.5, 0.6) is 0 Å². The van der Waals surface area contributed by atoms with Crippen molar-refractivity contribution in [3.63, 3.8) is 0 Å². The van der Waals surface area contributed by atoms with Crippen LogP contribution in [0.3, 0.4) is 0 Å². The summed E-state index contributed by atoms with van der Waals surface area (Å²) in [7, 11) is 2.23. The van der Waals surface area contributed by atoms with E-state index in [1.165, 1.54) is 38.5 Å². The molecule has 3 nitrogen and oxygen atoms in total. The SMILES string of the molecule is CCOC1CC(N(C)CCN)C12CCCCC2. The minimum Gasteiger partial charge on any atom is -0.378 e. The van der Waals surface area contributed by atoms with Gasteiger partial charge in [0.25, 0.3) is 0 Å². The van der Waals surface area contributed by atoms with Crippen LogP contribution in [0.1, 0.15) is 45.4 Å². The zero-order valence-electron chi connectivity index (χ0n) is 11.5. The molecule has 100 valence electrons. The summed E-state index contributed by atoms with van der Waals surface area (Å²) in [5, 5.41) is 0. The first-order valence-corrected chi connectivity index (χ1v) is 7.26. The van der Waals surface area contributed by atoms with Gasteiger partial charge < -0.3 is 15.4 Å². The van der Waals surface area contributed by atoms with Crippen LogP contribution in [0, 0.1) is 5.41 Å². The van der Waals surface area contributed by atoms with E-state index in [0.717, 1.165) is 19.7 Å². The number of likely N-dealkylation sites (N-methyl/N-ethyl adjacent to an activating group) is 1. The molecule has 0 heterocycles. The fourth-order valence-corrected chi connectivity index (χ4v) is 4.01. The molecule has 2 atom stereocenters. The van der Waals surface area contributed by atoms with Gasteiger partial charge in [-0.3, -0.25) is 0 Å². The Morgan fingerprint density at radius 3 is 2.59 bits per heavy atom. The van der Waals surface area contributed by atoms with Gasteiger partial charge in [0.2, 0.25) is 0 Å². The highest BCUT2D eigenvalue weighted by molar-refractivity contribution is 5.09. The predicted octanol–water partition coefficient (Wildman–Crippen LogP) is 2.00. The number of ether oxygens (including phenoxy) is 1. The lowest BCUT2D eigenvalue weighted by Gasteiger charge is -2.60. The van der Waals surface area contributed by atoms with Crippen LogP contribution in [-0.2, 0) is 4.74 Å². The Morgan fingerprint density at radius 1 is 1.29 bits per heavy atom. The van der Waals surface area contributed by atoms with Crippen LogP contribution in [0.2, 0.25) is 0 Å². The summed E-state index contributed by atoms with van der Waals surface area (Å²) >= 11 is 0. The molecule has 0 saturated heterocycles. The van der Waals surface area contributed by atoms with Gasteiger partial charge >= 0.3 is 0 Å². The van der Waals surface area contributed by atoms with Gasteiger partial charge in [-0.05, 0) is 33.2 Å². The first-order chi connectivity index (χ1) is 8.24. The third-order valence-corrected chi connectivity index (χ3v) is 4.91. The summed E-state index contributed by atoms with van der Waals surface area (Å²) < 4.78 is 5.97. The quantitative estimate of drug-likeness (QED) is 0.799. The van der Waals surface area contributed by atoms with Crippen molar-refractivity contribution < 1.29 is 4.74 Å². The maximum Gasteiger partial charge on any atom is 0.0661 e. The van der Waals surface area contributed by atoms with Crippen molar-refractivity contribution in [3.05, 3.63) is 0 Å². The van der Waals surface area contributed by atoms with E-state index in [4.69, 9.17) is 10.5 Å². The lowest BCUT2D eigenvalue weighted by atomic mass is 9.54. The van der Waals surface area contributed by atoms with Crippen molar-refractivity contribution in [1.29, 1.82) is 0 Å². The van der Waals surface area contributed by atoms with E-state index < -0.39 is 0 Å². The minimum absolute atomic E-state index is 0.457. The normalized spacial score (nSPS) is 31.8. The van der Waals surface area contributed by atoms with Gasteiger partial charge in [-0.2, -0.15) is 0 Å². The molecular weight excluding hydrogens is 212 g/mol. The first kappa shape index (κ1) is 13.3. The van der Waals surface area contributed by atoms with Crippen LogP contribution in [0.15, 0.2) is 0 Å². The summed E-state index contributed by atoms with van der Waals surface area (Å²) in [6.45, 7) is 4.76. The van der Waals surface area contributed by atoms with Crippen molar-refractivity contribution in [2.24, 2.45) is 11.1 Å². The second-order valence-electron chi connectivity index (χ2n) is 5.76. The molecule has 0 aromatic rings.